The van der Waals surface area contributed by atoms with E-state index in [1.165, 1.54) is 0 Å². The zero-order valence-corrected chi connectivity index (χ0v) is 8.70. The quantitative estimate of drug-likeness (QED) is 0.665. The highest BCUT2D eigenvalue weighted by Crippen LogP contribution is 2.17. The standard InChI is InChI=1S/C10H16O4/c1-6(2)4-7(3)8(10(13)14)5-9(11)12/h6H,4-5H2,1-3H3,(H,11,12)(H,13,14)/b8-7-. The van der Waals surface area contributed by atoms with Crippen molar-refractivity contribution in [3.8, 4) is 0 Å². The number of carboxylic acid groups (broad SMARTS) is 2. The molecule has 0 aromatic carbocycles. The van der Waals surface area contributed by atoms with E-state index in [0.717, 1.165) is 0 Å². The Morgan fingerprint density at radius 3 is 2.00 bits per heavy atom. The first-order valence-corrected chi connectivity index (χ1v) is 4.48. The lowest BCUT2D eigenvalue weighted by Gasteiger charge is -2.08. The molecule has 0 atom stereocenters. The van der Waals surface area contributed by atoms with Crippen molar-refractivity contribution in [1.29, 1.82) is 0 Å². The van der Waals surface area contributed by atoms with E-state index in [9.17, 15) is 9.59 Å². The third-order valence-corrected chi connectivity index (χ3v) is 1.82. The van der Waals surface area contributed by atoms with E-state index in [1.807, 2.05) is 13.8 Å². The van der Waals surface area contributed by atoms with Gasteiger partial charge in [-0.2, -0.15) is 0 Å². The van der Waals surface area contributed by atoms with Crippen LogP contribution in [-0.4, -0.2) is 22.2 Å². The highest BCUT2D eigenvalue weighted by molar-refractivity contribution is 5.92. The maximum Gasteiger partial charge on any atom is 0.332 e. The smallest absolute Gasteiger partial charge is 0.332 e. The van der Waals surface area contributed by atoms with Gasteiger partial charge in [-0.15, -0.1) is 0 Å². The Hall–Kier alpha value is -1.32. The normalized spacial score (nSPS) is 12.6. The number of hydrogen-bond donors (Lipinski definition) is 2. The molecule has 0 heterocycles. The number of aliphatic carboxylic acids is 2. The predicted molar refractivity (Wildman–Crippen MR) is 52.0 cm³/mol. The fourth-order valence-electron chi connectivity index (χ4n) is 1.30. The van der Waals surface area contributed by atoms with Crippen LogP contribution in [-0.2, 0) is 9.59 Å². The van der Waals surface area contributed by atoms with E-state index in [0.29, 0.717) is 17.9 Å². The van der Waals surface area contributed by atoms with Crippen molar-refractivity contribution in [3.63, 3.8) is 0 Å². The van der Waals surface area contributed by atoms with E-state index in [-0.39, 0.29) is 5.57 Å². The van der Waals surface area contributed by atoms with Crippen molar-refractivity contribution >= 4 is 11.9 Å². The Balaban J connectivity index is 4.76. The minimum atomic E-state index is -1.13. The Kier molecular flexibility index (Phi) is 4.91. The van der Waals surface area contributed by atoms with Crippen LogP contribution >= 0.6 is 0 Å². The van der Waals surface area contributed by atoms with Crippen LogP contribution in [0.1, 0.15) is 33.6 Å². The summed E-state index contributed by atoms with van der Waals surface area (Å²) in [5.74, 6) is -1.91. The number of carboxylic acids is 2. The highest BCUT2D eigenvalue weighted by Gasteiger charge is 2.15. The molecular weight excluding hydrogens is 184 g/mol. The van der Waals surface area contributed by atoms with Crippen LogP contribution in [0.5, 0.6) is 0 Å². The molecule has 80 valence electrons. The monoisotopic (exact) mass is 200 g/mol. The maximum atomic E-state index is 10.7. The van der Waals surface area contributed by atoms with Crippen LogP contribution in [0.15, 0.2) is 11.1 Å². The van der Waals surface area contributed by atoms with Crippen LogP contribution in [0.4, 0.5) is 0 Å². The van der Waals surface area contributed by atoms with Crippen LogP contribution < -0.4 is 0 Å². The summed E-state index contributed by atoms with van der Waals surface area (Å²) in [7, 11) is 0. The highest BCUT2D eigenvalue weighted by atomic mass is 16.4. The first-order chi connectivity index (χ1) is 6.34. The number of allylic oxidation sites excluding steroid dienone is 1. The van der Waals surface area contributed by atoms with Gasteiger partial charge in [0.15, 0.2) is 0 Å². The molecule has 0 aliphatic rings. The van der Waals surface area contributed by atoms with Crippen LogP contribution in [0.2, 0.25) is 0 Å². The van der Waals surface area contributed by atoms with Gasteiger partial charge >= 0.3 is 11.9 Å². The van der Waals surface area contributed by atoms with Gasteiger partial charge in [-0.05, 0) is 19.3 Å². The summed E-state index contributed by atoms with van der Waals surface area (Å²) in [5.41, 5.74) is 0.654. The third kappa shape index (κ3) is 4.64. The van der Waals surface area contributed by atoms with Crippen LogP contribution in [0, 0.1) is 5.92 Å². The second-order valence-corrected chi connectivity index (χ2v) is 3.73. The summed E-state index contributed by atoms with van der Waals surface area (Å²) >= 11 is 0. The van der Waals surface area contributed by atoms with Gasteiger partial charge in [0.2, 0.25) is 0 Å². The summed E-state index contributed by atoms with van der Waals surface area (Å²) in [6.07, 6.45) is 0.211. The molecule has 0 amide bonds. The Morgan fingerprint density at radius 1 is 1.21 bits per heavy atom. The molecule has 0 aliphatic heterocycles. The molecule has 0 saturated carbocycles. The zero-order chi connectivity index (χ0) is 11.3. The minimum absolute atomic E-state index is 0.00574. The molecule has 2 N–H and O–H groups in total. The second kappa shape index (κ2) is 5.42. The Labute approximate surface area is 83.2 Å². The maximum absolute atomic E-state index is 10.7. The molecule has 0 rings (SSSR count). The molecule has 0 radical (unpaired) electrons. The predicted octanol–water partition coefficient (Wildman–Crippen LogP) is 1.91. The topological polar surface area (TPSA) is 74.6 Å². The van der Waals surface area contributed by atoms with Gasteiger partial charge in [0.1, 0.15) is 0 Å². The van der Waals surface area contributed by atoms with E-state index >= 15 is 0 Å². The second-order valence-electron chi connectivity index (χ2n) is 3.73. The molecule has 0 fully saturated rings. The van der Waals surface area contributed by atoms with Crippen molar-refractivity contribution < 1.29 is 19.8 Å². The van der Waals surface area contributed by atoms with E-state index < -0.39 is 18.4 Å². The van der Waals surface area contributed by atoms with Crippen molar-refractivity contribution in [2.75, 3.05) is 0 Å². The molecule has 0 unspecified atom stereocenters. The third-order valence-electron chi connectivity index (χ3n) is 1.82. The lowest BCUT2D eigenvalue weighted by atomic mass is 9.98. The zero-order valence-electron chi connectivity index (χ0n) is 8.70. The average Bonchev–Trinajstić information content (AvgIpc) is 1.97. The molecule has 14 heavy (non-hydrogen) atoms. The molecule has 0 aromatic heterocycles. The first-order valence-electron chi connectivity index (χ1n) is 4.48. The number of carbonyl (C=O) groups is 2. The fraction of sp³-hybridized carbons (Fsp3) is 0.600. The van der Waals surface area contributed by atoms with Crippen molar-refractivity contribution in [2.45, 2.75) is 33.6 Å². The summed E-state index contributed by atoms with van der Waals surface area (Å²) in [5, 5.41) is 17.3. The molecule has 4 nitrogen and oxygen atoms in total. The molecule has 4 heteroatoms. The SMILES string of the molecule is C/C(CC(C)C)=C(\CC(=O)O)C(=O)O. The molecule has 0 spiro atoms. The lowest BCUT2D eigenvalue weighted by molar-refractivity contribution is -0.139. The molecular formula is C10H16O4. The molecule has 0 aliphatic carbocycles. The largest absolute Gasteiger partial charge is 0.481 e. The van der Waals surface area contributed by atoms with E-state index in [2.05, 4.69) is 0 Å². The van der Waals surface area contributed by atoms with Gasteiger partial charge in [-0.25, -0.2) is 4.79 Å². The van der Waals surface area contributed by atoms with Gasteiger partial charge in [-0.1, -0.05) is 19.4 Å². The van der Waals surface area contributed by atoms with Crippen molar-refractivity contribution in [3.05, 3.63) is 11.1 Å². The first kappa shape index (κ1) is 12.7. The average molecular weight is 200 g/mol. The molecule has 0 bridgehead atoms. The summed E-state index contributed by atoms with van der Waals surface area (Å²) in [6.45, 7) is 5.60. The van der Waals surface area contributed by atoms with Crippen molar-refractivity contribution in [2.24, 2.45) is 5.92 Å². The van der Waals surface area contributed by atoms with Crippen molar-refractivity contribution in [1.82, 2.24) is 0 Å². The minimum Gasteiger partial charge on any atom is -0.481 e. The Morgan fingerprint density at radius 2 is 1.71 bits per heavy atom. The number of rotatable bonds is 5. The van der Waals surface area contributed by atoms with Gasteiger partial charge in [0.05, 0.1) is 6.42 Å². The lowest BCUT2D eigenvalue weighted by Crippen LogP contribution is -2.09. The fourth-order valence-corrected chi connectivity index (χ4v) is 1.30. The van der Waals surface area contributed by atoms with Gasteiger partial charge < -0.3 is 10.2 Å². The van der Waals surface area contributed by atoms with Crippen LogP contribution in [0.25, 0.3) is 0 Å². The Bertz CT molecular complexity index is 263. The van der Waals surface area contributed by atoms with Gasteiger partial charge in [-0.3, -0.25) is 4.79 Å². The van der Waals surface area contributed by atoms with Gasteiger partial charge in [0.25, 0.3) is 0 Å². The van der Waals surface area contributed by atoms with E-state index in [1.54, 1.807) is 6.92 Å². The summed E-state index contributed by atoms with van der Waals surface area (Å²) in [4.78, 5) is 21.1. The van der Waals surface area contributed by atoms with Crippen LogP contribution in [0.3, 0.4) is 0 Å². The molecule has 0 saturated heterocycles. The summed E-state index contributed by atoms with van der Waals surface area (Å²) in [6, 6.07) is 0. The van der Waals surface area contributed by atoms with Gasteiger partial charge in [0, 0.05) is 5.57 Å². The number of hydrogen-bond acceptors (Lipinski definition) is 2. The molecule has 0 aromatic rings. The van der Waals surface area contributed by atoms with E-state index in [4.69, 9.17) is 10.2 Å². The summed E-state index contributed by atoms with van der Waals surface area (Å²) < 4.78 is 0.